The minimum absolute atomic E-state index is 0.131. The molecule has 0 atom stereocenters. The first-order valence-corrected chi connectivity index (χ1v) is 7.88. The minimum atomic E-state index is -0.528. The lowest BCUT2D eigenvalue weighted by atomic mass is 10.4. The summed E-state index contributed by atoms with van der Waals surface area (Å²) in [5.74, 6) is -1.13. The smallest absolute Gasteiger partial charge is 0.307 e. The fourth-order valence-corrected chi connectivity index (χ4v) is 2.22. The standard InChI is InChI=1S/C15H19FN2O4S/c1-18(2)14(20)9-17-13(19)10-22-15(21)7-8-23-12-5-3-11(16)4-6-12/h3-6H,7-10H2,1-2H3,(H,17,19). The molecule has 0 aliphatic carbocycles. The lowest BCUT2D eigenvalue weighted by molar-refractivity contribution is -0.148. The Morgan fingerprint density at radius 2 is 1.87 bits per heavy atom. The zero-order chi connectivity index (χ0) is 17.2. The molecule has 6 nitrogen and oxygen atoms in total. The van der Waals surface area contributed by atoms with Gasteiger partial charge in [0.1, 0.15) is 5.82 Å². The molecule has 23 heavy (non-hydrogen) atoms. The van der Waals surface area contributed by atoms with E-state index in [0.29, 0.717) is 5.75 Å². The Morgan fingerprint density at radius 1 is 1.22 bits per heavy atom. The van der Waals surface area contributed by atoms with Crippen molar-refractivity contribution < 1.29 is 23.5 Å². The molecule has 0 aliphatic rings. The molecule has 0 aromatic heterocycles. The van der Waals surface area contributed by atoms with Gasteiger partial charge in [-0.3, -0.25) is 14.4 Å². The molecule has 2 amide bonds. The topological polar surface area (TPSA) is 75.7 Å². The maximum atomic E-state index is 12.7. The van der Waals surface area contributed by atoms with Gasteiger partial charge in [0.25, 0.3) is 5.91 Å². The predicted octanol–water partition coefficient (Wildman–Crippen LogP) is 1.06. The highest BCUT2D eigenvalue weighted by molar-refractivity contribution is 7.99. The van der Waals surface area contributed by atoms with Crippen LogP contribution in [0.25, 0.3) is 0 Å². The number of rotatable bonds is 8. The van der Waals surface area contributed by atoms with E-state index in [1.807, 2.05) is 0 Å². The van der Waals surface area contributed by atoms with Gasteiger partial charge in [-0.05, 0) is 24.3 Å². The van der Waals surface area contributed by atoms with Crippen molar-refractivity contribution in [2.24, 2.45) is 0 Å². The van der Waals surface area contributed by atoms with Crippen LogP contribution in [0.4, 0.5) is 4.39 Å². The van der Waals surface area contributed by atoms with Crippen molar-refractivity contribution >= 4 is 29.5 Å². The van der Waals surface area contributed by atoms with Crippen LogP contribution in [0.2, 0.25) is 0 Å². The number of carbonyl (C=O) groups excluding carboxylic acids is 3. The van der Waals surface area contributed by atoms with Gasteiger partial charge in [0.2, 0.25) is 5.91 Å². The largest absolute Gasteiger partial charge is 0.456 e. The Labute approximate surface area is 138 Å². The molecule has 1 rings (SSSR count). The number of hydrogen-bond donors (Lipinski definition) is 1. The van der Waals surface area contributed by atoms with Gasteiger partial charge in [-0.1, -0.05) is 0 Å². The van der Waals surface area contributed by atoms with E-state index in [2.05, 4.69) is 5.32 Å². The van der Waals surface area contributed by atoms with Gasteiger partial charge in [0.05, 0.1) is 13.0 Å². The van der Waals surface area contributed by atoms with Crippen LogP contribution in [0.1, 0.15) is 6.42 Å². The zero-order valence-electron chi connectivity index (χ0n) is 13.0. The van der Waals surface area contributed by atoms with Crippen molar-refractivity contribution in [3.05, 3.63) is 30.1 Å². The second-order valence-corrected chi connectivity index (χ2v) is 5.95. The maximum absolute atomic E-state index is 12.7. The van der Waals surface area contributed by atoms with Crippen molar-refractivity contribution in [1.82, 2.24) is 10.2 Å². The molecule has 0 unspecified atom stereocenters. The van der Waals surface area contributed by atoms with Gasteiger partial charge in [-0.25, -0.2) is 4.39 Å². The Balaban J connectivity index is 2.15. The van der Waals surface area contributed by atoms with Crippen LogP contribution < -0.4 is 5.32 Å². The third-order valence-corrected chi connectivity index (χ3v) is 3.70. The Hall–Kier alpha value is -2.09. The summed E-state index contributed by atoms with van der Waals surface area (Å²) in [6.07, 6.45) is 0.131. The van der Waals surface area contributed by atoms with Crippen LogP contribution in [-0.2, 0) is 19.1 Å². The number of carbonyl (C=O) groups is 3. The van der Waals surface area contributed by atoms with Crippen molar-refractivity contribution in [1.29, 1.82) is 0 Å². The fourth-order valence-electron chi connectivity index (χ4n) is 1.38. The van der Waals surface area contributed by atoms with Crippen LogP contribution in [0.5, 0.6) is 0 Å². The molecule has 0 saturated carbocycles. The van der Waals surface area contributed by atoms with Crippen molar-refractivity contribution in [3.63, 3.8) is 0 Å². The van der Waals surface area contributed by atoms with E-state index >= 15 is 0 Å². The van der Waals surface area contributed by atoms with E-state index in [9.17, 15) is 18.8 Å². The third kappa shape index (κ3) is 8.20. The Bertz CT molecular complexity index is 549. The summed E-state index contributed by atoms with van der Waals surface area (Å²) in [4.78, 5) is 36.3. The average molecular weight is 342 g/mol. The molecule has 0 heterocycles. The van der Waals surface area contributed by atoms with Crippen molar-refractivity contribution in [2.75, 3.05) is 33.0 Å². The summed E-state index contributed by atoms with van der Waals surface area (Å²) in [6, 6.07) is 5.95. The summed E-state index contributed by atoms with van der Waals surface area (Å²) in [5.41, 5.74) is 0. The summed E-state index contributed by atoms with van der Waals surface area (Å²) in [6.45, 7) is -0.551. The lowest BCUT2D eigenvalue weighted by Crippen LogP contribution is -2.38. The molecule has 0 radical (unpaired) electrons. The van der Waals surface area contributed by atoms with E-state index in [4.69, 9.17) is 4.74 Å². The van der Waals surface area contributed by atoms with Gasteiger partial charge in [0, 0.05) is 24.7 Å². The zero-order valence-corrected chi connectivity index (χ0v) is 13.8. The summed E-state index contributed by atoms with van der Waals surface area (Å²) >= 11 is 1.39. The Kier molecular flexibility index (Phi) is 8.10. The molecule has 1 aromatic rings. The van der Waals surface area contributed by atoms with Gasteiger partial charge in [0.15, 0.2) is 6.61 Å². The lowest BCUT2D eigenvalue weighted by Gasteiger charge is -2.11. The van der Waals surface area contributed by atoms with Crippen molar-refractivity contribution in [3.8, 4) is 0 Å². The molecule has 1 aromatic carbocycles. The normalized spacial score (nSPS) is 10.0. The van der Waals surface area contributed by atoms with Crippen LogP contribution in [0.3, 0.4) is 0 Å². The molecule has 126 valence electrons. The van der Waals surface area contributed by atoms with Crippen molar-refractivity contribution in [2.45, 2.75) is 11.3 Å². The summed E-state index contributed by atoms with van der Waals surface area (Å²) < 4.78 is 17.5. The van der Waals surface area contributed by atoms with E-state index < -0.39 is 18.5 Å². The predicted molar refractivity (Wildman–Crippen MR) is 84.4 cm³/mol. The molecular weight excluding hydrogens is 323 g/mol. The first-order valence-electron chi connectivity index (χ1n) is 6.89. The molecule has 1 N–H and O–H groups in total. The van der Waals surface area contributed by atoms with Crippen LogP contribution >= 0.6 is 11.8 Å². The van der Waals surface area contributed by atoms with E-state index in [1.54, 1.807) is 26.2 Å². The number of ether oxygens (including phenoxy) is 1. The monoisotopic (exact) mass is 342 g/mol. The van der Waals surface area contributed by atoms with Gasteiger partial charge in [-0.2, -0.15) is 0 Å². The number of thioether (sulfide) groups is 1. The second-order valence-electron chi connectivity index (χ2n) is 4.78. The number of halogens is 1. The number of nitrogens with one attached hydrogen (secondary N) is 1. The number of benzene rings is 1. The van der Waals surface area contributed by atoms with Crippen LogP contribution in [-0.4, -0.2) is 55.7 Å². The van der Waals surface area contributed by atoms with E-state index in [1.165, 1.54) is 28.8 Å². The van der Waals surface area contributed by atoms with E-state index in [-0.39, 0.29) is 24.7 Å². The number of hydrogen-bond acceptors (Lipinski definition) is 5. The summed E-state index contributed by atoms with van der Waals surface area (Å²) in [5, 5.41) is 2.36. The molecule has 0 fully saturated rings. The second kappa shape index (κ2) is 9.83. The molecule has 0 spiro atoms. The maximum Gasteiger partial charge on any atom is 0.307 e. The first kappa shape index (κ1) is 19.0. The van der Waals surface area contributed by atoms with Gasteiger partial charge >= 0.3 is 5.97 Å². The minimum Gasteiger partial charge on any atom is -0.456 e. The van der Waals surface area contributed by atoms with Crippen LogP contribution in [0.15, 0.2) is 29.2 Å². The molecule has 0 saturated heterocycles. The number of likely N-dealkylation sites (N-methyl/N-ethyl adjacent to an activating group) is 1. The summed E-state index contributed by atoms with van der Waals surface area (Å²) in [7, 11) is 3.15. The molecule has 0 aliphatic heterocycles. The highest BCUT2D eigenvalue weighted by Gasteiger charge is 2.10. The Morgan fingerprint density at radius 3 is 2.48 bits per heavy atom. The van der Waals surface area contributed by atoms with Crippen LogP contribution in [0, 0.1) is 5.82 Å². The number of nitrogens with zero attached hydrogens (tertiary/aromatic N) is 1. The molecular formula is C15H19FN2O4S. The highest BCUT2D eigenvalue weighted by Crippen LogP contribution is 2.18. The number of amides is 2. The third-order valence-electron chi connectivity index (χ3n) is 2.69. The fraction of sp³-hybridized carbons (Fsp3) is 0.400. The molecule has 0 bridgehead atoms. The van der Waals surface area contributed by atoms with E-state index in [0.717, 1.165) is 4.90 Å². The average Bonchev–Trinajstić information content (AvgIpc) is 2.52. The van der Waals surface area contributed by atoms with Gasteiger partial charge in [-0.15, -0.1) is 11.8 Å². The SMILES string of the molecule is CN(C)C(=O)CNC(=O)COC(=O)CCSc1ccc(F)cc1. The molecule has 8 heteroatoms. The van der Waals surface area contributed by atoms with Gasteiger partial charge < -0.3 is 15.0 Å². The number of esters is 1. The first-order chi connectivity index (χ1) is 10.9. The highest BCUT2D eigenvalue weighted by atomic mass is 32.2. The quantitative estimate of drug-likeness (QED) is 0.565.